The predicted molar refractivity (Wildman–Crippen MR) is 112 cm³/mol. The molecule has 31 heavy (non-hydrogen) atoms. The molecule has 1 heterocycles. The number of hydrogen-bond acceptors (Lipinski definition) is 5. The number of para-hydroxylation sites is 1. The molecule has 0 saturated carbocycles. The molecule has 10 heteroatoms. The number of alkyl halides is 3. The lowest BCUT2D eigenvalue weighted by Gasteiger charge is -2.15. The molecule has 0 bridgehead atoms. The first-order valence-corrected chi connectivity index (χ1v) is 9.72. The fourth-order valence-electron chi connectivity index (χ4n) is 2.86. The first-order chi connectivity index (χ1) is 14.8. The van der Waals surface area contributed by atoms with Gasteiger partial charge in [0.25, 0.3) is 11.8 Å². The Balaban J connectivity index is 1.63. The van der Waals surface area contributed by atoms with Gasteiger partial charge in [-0.3, -0.25) is 19.9 Å². The van der Waals surface area contributed by atoms with Crippen molar-refractivity contribution in [2.75, 3.05) is 25.0 Å². The maximum absolute atomic E-state index is 12.3. The van der Waals surface area contributed by atoms with E-state index in [0.717, 1.165) is 13.0 Å². The summed E-state index contributed by atoms with van der Waals surface area (Å²) in [6.45, 7) is 0.917. The molecule has 0 aromatic heterocycles. The van der Waals surface area contributed by atoms with Gasteiger partial charge in [0, 0.05) is 30.9 Å². The molecular weight excluding hydrogens is 411 g/mol. The summed E-state index contributed by atoms with van der Waals surface area (Å²) in [7, 11) is 0. The van der Waals surface area contributed by atoms with Gasteiger partial charge in [0.2, 0.25) is 0 Å². The molecule has 0 atom stereocenters. The smallest absolute Gasteiger partial charge is 0.356 e. The number of rotatable bonds is 6. The first-order valence-electron chi connectivity index (χ1n) is 9.72. The number of halogens is 3. The number of carbonyl (C=O) groups is 2. The fourth-order valence-corrected chi connectivity index (χ4v) is 2.86. The lowest BCUT2D eigenvalue weighted by atomic mass is 10.1. The van der Waals surface area contributed by atoms with Gasteiger partial charge in [-0.25, -0.2) is 0 Å². The molecule has 164 valence electrons. The van der Waals surface area contributed by atoms with E-state index in [0.29, 0.717) is 29.4 Å². The van der Waals surface area contributed by atoms with Crippen LogP contribution in [0.4, 0.5) is 24.5 Å². The Morgan fingerprint density at radius 1 is 1.03 bits per heavy atom. The largest absolute Gasteiger partial charge is 0.390 e. The minimum atomic E-state index is -4.33. The van der Waals surface area contributed by atoms with Crippen LogP contribution >= 0.6 is 0 Å². The van der Waals surface area contributed by atoms with E-state index < -0.39 is 25.0 Å². The number of guanidine groups is 1. The molecule has 0 spiro atoms. The van der Waals surface area contributed by atoms with Gasteiger partial charge >= 0.3 is 6.18 Å². The SMILES string of the molecule is O=C(NC1=NCCCN1)c1ccc(Nc2ccccc2C(=O)NCCC(F)(F)F)cc1. The Hall–Kier alpha value is -3.56. The van der Waals surface area contributed by atoms with Crippen molar-refractivity contribution in [1.29, 1.82) is 0 Å². The van der Waals surface area contributed by atoms with Gasteiger partial charge in [0.1, 0.15) is 0 Å². The quantitative estimate of drug-likeness (QED) is 0.563. The van der Waals surface area contributed by atoms with Crippen molar-refractivity contribution in [3.63, 3.8) is 0 Å². The highest BCUT2D eigenvalue weighted by atomic mass is 19.4. The number of carbonyl (C=O) groups excluding carboxylic acids is 2. The number of nitrogens with one attached hydrogen (secondary N) is 4. The van der Waals surface area contributed by atoms with E-state index >= 15 is 0 Å². The van der Waals surface area contributed by atoms with Crippen LogP contribution < -0.4 is 21.3 Å². The van der Waals surface area contributed by atoms with Crippen LogP contribution in [0.3, 0.4) is 0 Å². The number of hydrogen-bond donors (Lipinski definition) is 4. The highest BCUT2D eigenvalue weighted by Crippen LogP contribution is 2.22. The van der Waals surface area contributed by atoms with Crippen LogP contribution in [0.1, 0.15) is 33.6 Å². The molecule has 0 unspecified atom stereocenters. The Morgan fingerprint density at radius 3 is 2.45 bits per heavy atom. The third-order valence-corrected chi connectivity index (χ3v) is 4.42. The summed E-state index contributed by atoms with van der Waals surface area (Å²) in [6.07, 6.45) is -4.51. The van der Waals surface area contributed by atoms with Gasteiger partial charge < -0.3 is 16.0 Å². The number of amides is 2. The van der Waals surface area contributed by atoms with Crippen molar-refractivity contribution < 1.29 is 22.8 Å². The number of benzene rings is 2. The van der Waals surface area contributed by atoms with E-state index in [9.17, 15) is 22.8 Å². The summed E-state index contributed by atoms with van der Waals surface area (Å²) in [5, 5.41) is 11.0. The maximum atomic E-state index is 12.3. The molecule has 2 aromatic carbocycles. The first kappa shape index (κ1) is 22.1. The monoisotopic (exact) mass is 433 g/mol. The van der Waals surface area contributed by atoms with Gasteiger partial charge in [-0.15, -0.1) is 0 Å². The van der Waals surface area contributed by atoms with Crippen molar-refractivity contribution in [2.45, 2.75) is 19.0 Å². The molecule has 3 rings (SSSR count). The van der Waals surface area contributed by atoms with Gasteiger partial charge in [-0.1, -0.05) is 12.1 Å². The summed E-state index contributed by atoms with van der Waals surface area (Å²) < 4.78 is 36.9. The van der Waals surface area contributed by atoms with E-state index in [1.54, 1.807) is 42.5 Å². The van der Waals surface area contributed by atoms with E-state index in [2.05, 4.69) is 26.3 Å². The van der Waals surface area contributed by atoms with Crippen molar-refractivity contribution >= 4 is 29.1 Å². The standard InChI is InChI=1S/C21H22F3N5O2/c22-21(23,24)10-13-25-19(31)16-4-1-2-5-17(16)28-15-8-6-14(7-9-15)18(30)29-20-26-11-3-12-27-20/h1-2,4-9,28H,3,10-13H2,(H,25,31)(H2,26,27,29,30). The fraction of sp³-hybridized carbons (Fsp3) is 0.286. The number of nitrogens with zero attached hydrogens (tertiary/aromatic N) is 1. The number of aliphatic imine (C=N–C) groups is 1. The highest BCUT2D eigenvalue weighted by Gasteiger charge is 2.26. The van der Waals surface area contributed by atoms with Crippen LogP contribution in [0, 0.1) is 0 Å². The van der Waals surface area contributed by atoms with Crippen LogP contribution in [-0.2, 0) is 0 Å². The molecule has 2 aromatic rings. The third kappa shape index (κ3) is 6.73. The molecule has 1 aliphatic heterocycles. The number of anilines is 2. The Labute approximate surface area is 177 Å². The summed E-state index contributed by atoms with van der Waals surface area (Å²) in [5.41, 5.74) is 1.69. The molecular formula is C21H22F3N5O2. The van der Waals surface area contributed by atoms with Gasteiger partial charge in [-0.2, -0.15) is 13.2 Å². The second-order valence-electron chi connectivity index (χ2n) is 6.83. The maximum Gasteiger partial charge on any atom is 0.390 e. The lowest BCUT2D eigenvalue weighted by molar-refractivity contribution is -0.132. The van der Waals surface area contributed by atoms with E-state index in [1.165, 1.54) is 6.07 Å². The van der Waals surface area contributed by atoms with Gasteiger partial charge in [0.05, 0.1) is 17.7 Å². The van der Waals surface area contributed by atoms with E-state index in [-0.39, 0.29) is 11.5 Å². The summed E-state index contributed by atoms with van der Waals surface area (Å²) in [6, 6.07) is 13.1. The van der Waals surface area contributed by atoms with Crippen molar-refractivity contribution in [3.8, 4) is 0 Å². The topological polar surface area (TPSA) is 94.6 Å². The zero-order valence-electron chi connectivity index (χ0n) is 16.6. The zero-order chi connectivity index (χ0) is 22.3. The van der Waals surface area contributed by atoms with Crippen LogP contribution in [-0.4, -0.2) is 43.6 Å². The highest BCUT2D eigenvalue weighted by molar-refractivity contribution is 6.06. The molecule has 4 N–H and O–H groups in total. The Morgan fingerprint density at radius 2 is 1.77 bits per heavy atom. The molecule has 0 fully saturated rings. The average molecular weight is 433 g/mol. The van der Waals surface area contributed by atoms with Crippen molar-refractivity contribution in [2.24, 2.45) is 4.99 Å². The van der Waals surface area contributed by atoms with Crippen LogP contribution in [0.15, 0.2) is 53.5 Å². The third-order valence-electron chi connectivity index (χ3n) is 4.42. The molecule has 1 aliphatic rings. The zero-order valence-corrected chi connectivity index (χ0v) is 16.6. The van der Waals surface area contributed by atoms with Gasteiger partial charge in [0.15, 0.2) is 5.96 Å². The summed E-state index contributed by atoms with van der Waals surface area (Å²) in [5.74, 6) is -0.461. The molecule has 0 saturated heterocycles. The summed E-state index contributed by atoms with van der Waals surface area (Å²) >= 11 is 0. The Kier molecular flexibility index (Phi) is 7.11. The predicted octanol–water partition coefficient (Wildman–Crippen LogP) is 3.19. The van der Waals surface area contributed by atoms with Crippen molar-refractivity contribution in [3.05, 3.63) is 59.7 Å². The molecule has 0 aliphatic carbocycles. The van der Waals surface area contributed by atoms with E-state index in [1.807, 2.05) is 0 Å². The molecule has 0 radical (unpaired) electrons. The van der Waals surface area contributed by atoms with Gasteiger partial charge in [-0.05, 0) is 42.8 Å². The lowest BCUT2D eigenvalue weighted by Crippen LogP contribution is -2.43. The van der Waals surface area contributed by atoms with Crippen LogP contribution in [0.25, 0.3) is 0 Å². The molecule has 7 nitrogen and oxygen atoms in total. The second kappa shape index (κ2) is 9.96. The normalized spacial score (nSPS) is 13.6. The second-order valence-corrected chi connectivity index (χ2v) is 6.83. The van der Waals surface area contributed by atoms with Crippen molar-refractivity contribution in [1.82, 2.24) is 16.0 Å². The summed E-state index contributed by atoms with van der Waals surface area (Å²) in [4.78, 5) is 28.8. The minimum absolute atomic E-state index is 0.216. The van der Waals surface area contributed by atoms with E-state index in [4.69, 9.17) is 0 Å². The Bertz CT molecular complexity index is 958. The van der Waals surface area contributed by atoms with Crippen LogP contribution in [0.2, 0.25) is 0 Å². The average Bonchev–Trinajstić information content (AvgIpc) is 2.74. The minimum Gasteiger partial charge on any atom is -0.356 e. The molecule has 2 amide bonds. The van der Waals surface area contributed by atoms with Crippen LogP contribution in [0.5, 0.6) is 0 Å².